The molecule has 0 radical (unpaired) electrons. The molecule has 1 aromatic rings. The maximum Gasteiger partial charge on any atom is 0.417 e. The van der Waals surface area contributed by atoms with Gasteiger partial charge in [-0.15, -0.1) is 0 Å². The average Bonchev–Trinajstić information content (AvgIpc) is 2.67. The number of carbonyl (C=O) groups excluding carboxylic acids is 1. The van der Waals surface area contributed by atoms with Gasteiger partial charge in [-0.1, -0.05) is 11.6 Å². The first-order valence-electron chi connectivity index (χ1n) is 8.84. The predicted octanol–water partition coefficient (Wildman–Crippen LogP) is 2.62. The molecule has 0 aromatic heterocycles. The van der Waals surface area contributed by atoms with Gasteiger partial charge in [0.25, 0.3) is 0 Å². The molecule has 1 atom stereocenters. The molecule has 0 saturated carbocycles. The molecule has 3 rings (SSSR count). The topological polar surface area (TPSA) is 66.9 Å². The van der Waals surface area contributed by atoms with E-state index in [1.807, 2.05) is 0 Å². The van der Waals surface area contributed by atoms with Crippen LogP contribution in [0.1, 0.15) is 18.4 Å². The van der Waals surface area contributed by atoms with Gasteiger partial charge in [-0.2, -0.15) is 17.5 Å². The third kappa shape index (κ3) is 4.45. The van der Waals surface area contributed by atoms with Crippen LogP contribution in [-0.4, -0.2) is 62.9 Å². The lowest BCUT2D eigenvalue weighted by atomic mass is 9.98. The fourth-order valence-corrected chi connectivity index (χ4v) is 5.38. The third-order valence-corrected chi connectivity index (χ3v) is 7.08. The normalized spacial score (nSPS) is 22.3. The number of piperidine rings is 1. The van der Waals surface area contributed by atoms with E-state index < -0.39 is 32.6 Å². The highest BCUT2D eigenvalue weighted by Crippen LogP contribution is 2.37. The molecule has 2 saturated heterocycles. The van der Waals surface area contributed by atoms with Gasteiger partial charge in [0.2, 0.25) is 15.9 Å². The van der Waals surface area contributed by atoms with E-state index in [1.165, 1.54) is 0 Å². The molecule has 2 aliphatic heterocycles. The van der Waals surface area contributed by atoms with Crippen LogP contribution >= 0.6 is 11.6 Å². The zero-order chi connectivity index (χ0) is 20.5. The zero-order valence-corrected chi connectivity index (χ0v) is 16.5. The lowest BCUT2D eigenvalue weighted by Gasteiger charge is -2.35. The molecule has 11 heteroatoms. The largest absolute Gasteiger partial charge is 0.417 e. The Kier molecular flexibility index (Phi) is 6.23. The molecule has 6 nitrogen and oxygen atoms in total. The number of ether oxygens (including phenoxy) is 1. The summed E-state index contributed by atoms with van der Waals surface area (Å²) >= 11 is 5.64. The molecule has 2 aliphatic rings. The minimum Gasteiger partial charge on any atom is -0.378 e. The van der Waals surface area contributed by atoms with Gasteiger partial charge in [0.05, 0.1) is 29.6 Å². The van der Waals surface area contributed by atoms with Gasteiger partial charge in [-0.25, -0.2) is 8.42 Å². The second-order valence-electron chi connectivity index (χ2n) is 6.78. The highest BCUT2D eigenvalue weighted by Gasteiger charge is 2.41. The Labute approximate surface area is 166 Å². The molecule has 1 aromatic carbocycles. The van der Waals surface area contributed by atoms with E-state index in [2.05, 4.69) is 0 Å². The Bertz CT molecular complexity index is 841. The summed E-state index contributed by atoms with van der Waals surface area (Å²) in [5.74, 6) is -0.765. The Balaban J connectivity index is 1.85. The molecular formula is C17H20ClF3N2O4S. The Hall–Kier alpha value is -1.36. The van der Waals surface area contributed by atoms with Crippen molar-refractivity contribution in [1.82, 2.24) is 9.21 Å². The van der Waals surface area contributed by atoms with Crippen molar-refractivity contribution in [2.45, 2.75) is 23.9 Å². The smallest absolute Gasteiger partial charge is 0.378 e. The lowest BCUT2D eigenvalue weighted by molar-refractivity contribution is -0.141. The summed E-state index contributed by atoms with van der Waals surface area (Å²) in [5, 5.41) is -0.203. The number of halogens is 4. The first-order valence-corrected chi connectivity index (χ1v) is 10.7. The second kappa shape index (κ2) is 8.17. The molecule has 0 spiro atoms. The van der Waals surface area contributed by atoms with E-state index in [4.69, 9.17) is 16.3 Å². The van der Waals surface area contributed by atoms with Crippen molar-refractivity contribution in [3.63, 3.8) is 0 Å². The van der Waals surface area contributed by atoms with Crippen molar-refractivity contribution < 1.29 is 31.1 Å². The van der Waals surface area contributed by atoms with Gasteiger partial charge < -0.3 is 9.64 Å². The molecule has 0 bridgehead atoms. The number of carbonyl (C=O) groups is 1. The molecule has 2 heterocycles. The van der Waals surface area contributed by atoms with E-state index in [-0.39, 0.29) is 24.0 Å². The SMILES string of the molecule is O=C(C1CCCN(S(=O)(=O)c2ccc(Cl)cc2C(F)(F)F)C1)N1CCOCC1. The number of sulfonamides is 1. The van der Waals surface area contributed by atoms with Crippen LogP contribution in [0.25, 0.3) is 0 Å². The van der Waals surface area contributed by atoms with Crippen molar-refractivity contribution in [3.8, 4) is 0 Å². The molecule has 2 fully saturated rings. The van der Waals surface area contributed by atoms with Crippen LogP contribution in [0.2, 0.25) is 5.02 Å². The van der Waals surface area contributed by atoms with Crippen LogP contribution in [0, 0.1) is 5.92 Å². The van der Waals surface area contributed by atoms with Crippen LogP contribution in [0.15, 0.2) is 23.1 Å². The van der Waals surface area contributed by atoms with Gasteiger partial charge in [-0.05, 0) is 31.0 Å². The molecular weight excluding hydrogens is 421 g/mol. The van der Waals surface area contributed by atoms with Crippen molar-refractivity contribution in [1.29, 1.82) is 0 Å². The lowest BCUT2D eigenvalue weighted by Crippen LogP contribution is -2.49. The van der Waals surface area contributed by atoms with Crippen molar-refractivity contribution in [2.24, 2.45) is 5.92 Å². The quantitative estimate of drug-likeness (QED) is 0.724. The first-order chi connectivity index (χ1) is 13.1. The van der Waals surface area contributed by atoms with Crippen molar-refractivity contribution >= 4 is 27.5 Å². The fraction of sp³-hybridized carbons (Fsp3) is 0.588. The number of nitrogens with zero attached hydrogens (tertiary/aromatic N) is 2. The number of benzene rings is 1. The minimum atomic E-state index is -4.87. The van der Waals surface area contributed by atoms with Gasteiger partial charge in [0, 0.05) is 31.2 Å². The molecule has 28 heavy (non-hydrogen) atoms. The summed E-state index contributed by atoms with van der Waals surface area (Å²) in [6, 6.07) is 2.59. The number of amides is 1. The van der Waals surface area contributed by atoms with Crippen LogP contribution in [0.3, 0.4) is 0 Å². The minimum absolute atomic E-state index is 0.0646. The number of morpholine rings is 1. The summed E-state index contributed by atoms with van der Waals surface area (Å²) in [6.07, 6.45) is -3.98. The fourth-order valence-electron chi connectivity index (χ4n) is 3.49. The van der Waals surface area contributed by atoms with E-state index in [0.717, 1.165) is 16.4 Å². The first kappa shape index (κ1) is 21.4. The van der Waals surface area contributed by atoms with Crippen molar-refractivity contribution in [2.75, 3.05) is 39.4 Å². The predicted molar refractivity (Wildman–Crippen MR) is 95.3 cm³/mol. The Morgan fingerprint density at radius 1 is 1.18 bits per heavy atom. The third-order valence-electron chi connectivity index (χ3n) is 4.92. The summed E-state index contributed by atoms with van der Waals surface area (Å²) in [5.41, 5.74) is -1.30. The maximum absolute atomic E-state index is 13.4. The van der Waals surface area contributed by atoms with E-state index in [1.54, 1.807) is 4.90 Å². The summed E-state index contributed by atoms with van der Waals surface area (Å²) in [6.45, 7) is 1.61. The van der Waals surface area contributed by atoms with E-state index in [9.17, 15) is 26.4 Å². The molecule has 156 valence electrons. The Morgan fingerprint density at radius 3 is 2.50 bits per heavy atom. The summed E-state index contributed by atoms with van der Waals surface area (Å²) in [7, 11) is -4.43. The highest BCUT2D eigenvalue weighted by molar-refractivity contribution is 7.89. The van der Waals surface area contributed by atoms with E-state index >= 15 is 0 Å². The molecule has 1 unspecified atom stereocenters. The number of alkyl halides is 3. The summed E-state index contributed by atoms with van der Waals surface area (Å²) < 4.78 is 72.2. The van der Waals surface area contributed by atoms with Gasteiger partial charge in [0.15, 0.2) is 0 Å². The highest BCUT2D eigenvalue weighted by atomic mass is 35.5. The Morgan fingerprint density at radius 2 is 1.86 bits per heavy atom. The van der Waals surface area contributed by atoms with Crippen molar-refractivity contribution in [3.05, 3.63) is 28.8 Å². The molecule has 0 N–H and O–H groups in total. The van der Waals surface area contributed by atoms with Crippen LogP contribution in [0.4, 0.5) is 13.2 Å². The van der Waals surface area contributed by atoms with Gasteiger partial charge >= 0.3 is 6.18 Å². The van der Waals surface area contributed by atoms with Crippen LogP contribution < -0.4 is 0 Å². The number of rotatable bonds is 3. The monoisotopic (exact) mass is 440 g/mol. The average molecular weight is 441 g/mol. The number of hydrogen-bond donors (Lipinski definition) is 0. The molecule has 1 amide bonds. The van der Waals surface area contributed by atoms with E-state index in [0.29, 0.717) is 45.2 Å². The molecule has 0 aliphatic carbocycles. The summed E-state index contributed by atoms with van der Waals surface area (Å²) in [4.78, 5) is 13.5. The van der Waals surface area contributed by atoms with Crippen LogP contribution in [-0.2, 0) is 25.7 Å². The van der Waals surface area contributed by atoms with Crippen LogP contribution in [0.5, 0.6) is 0 Å². The maximum atomic E-state index is 13.4. The van der Waals surface area contributed by atoms with Gasteiger partial charge in [0.1, 0.15) is 0 Å². The zero-order valence-electron chi connectivity index (χ0n) is 14.9. The number of hydrogen-bond acceptors (Lipinski definition) is 4. The van der Waals surface area contributed by atoms with Gasteiger partial charge in [-0.3, -0.25) is 4.79 Å². The second-order valence-corrected chi connectivity index (χ2v) is 9.12. The standard InChI is InChI=1S/C17H20ClF3N2O4S/c18-13-3-4-15(14(10-13)17(19,20)21)28(25,26)23-5-1-2-12(11-23)16(24)22-6-8-27-9-7-22/h3-4,10,12H,1-2,5-9,11H2.